The molecule has 9 heteroatoms. The van der Waals surface area contributed by atoms with Gasteiger partial charge in [0.15, 0.2) is 0 Å². The van der Waals surface area contributed by atoms with Crippen molar-refractivity contribution in [2.75, 3.05) is 21.9 Å². The molecule has 2 aromatic rings. The Balaban J connectivity index is 1.71. The molecule has 1 aromatic heterocycles. The summed E-state index contributed by atoms with van der Waals surface area (Å²) in [5.74, 6) is -0.138. The van der Waals surface area contributed by atoms with Crippen LogP contribution < -0.4 is 15.4 Å². The fourth-order valence-electron chi connectivity index (χ4n) is 2.34. The molecule has 0 saturated carbocycles. The topological polar surface area (TPSA) is 105 Å². The summed E-state index contributed by atoms with van der Waals surface area (Å²) < 4.78 is 25.2. The molecule has 0 spiro atoms. The molecule has 0 bridgehead atoms. The average Bonchev–Trinajstić information content (AvgIpc) is 3.14. The van der Waals surface area contributed by atoms with E-state index in [0.717, 1.165) is 0 Å². The lowest BCUT2D eigenvalue weighted by Crippen LogP contribution is -2.25. The molecule has 1 amide bonds. The van der Waals surface area contributed by atoms with E-state index in [-0.39, 0.29) is 11.7 Å². The van der Waals surface area contributed by atoms with Crippen molar-refractivity contribution in [1.82, 2.24) is 4.98 Å². The monoisotopic (exact) mass is 352 g/mol. The molecule has 23 heavy (non-hydrogen) atoms. The SMILES string of the molecule is NCc1nc(C(=O)Nc2ccc(N3CCCS3(=O)=O)cc2)cs1. The minimum absolute atomic E-state index is 0.179. The van der Waals surface area contributed by atoms with Crippen molar-refractivity contribution in [3.8, 4) is 0 Å². The van der Waals surface area contributed by atoms with Gasteiger partial charge in [-0.2, -0.15) is 0 Å². The van der Waals surface area contributed by atoms with Crippen LogP contribution in [-0.4, -0.2) is 31.6 Å². The number of nitrogens with zero attached hydrogens (tertiary/aromatic N) is 2. The number of nitrogens with one attached hydrogen (secondary N) is 1. The Kier molecular flexibility index (Phi) is 4.33. The lowest BCUT2D eigenvalue weighted by molar-refractivity contribution is 0.102. The number of nitrogens with two attached hydrogens (primary N) is 1. The first-order chi connectivity index (χ1) is 11.0. The van der Waals surface area contributed by atoms with Gasteiger partial charge in [-0.05, 0) is 30.7 Å². The van der Waals surface area contributed by atoms with E-state index < -0.39 is 10.0 Å². The highest BCUT2D eigenvalue weighted by Gasteiger charge is 2.28. The van der Waals surface area contributed by atoms with Crippen molar-refractivity contribution in [2.24, 2.45) is 5.73 Å². The van der Waals surface area contributed by atoms with Crippen molar-refractivity contribution in [1.29, 1.82) is 0 Å². The third-order valence-corrected chi connectivity index (χ3v) is 6.21. The van der Waals surface area contributed by atoms with Gasteiger partial charge < -0.3 is 11.1 Å². The summed E-state index contributed by atoms with van der Waals surface area (Å²) in [6.45, 7) is 0.797. The lowest BCUT2D eigenvalue weighted by Gasteiger charge is -2.17. The predicted octanol–water partition coefficient (Wildman–Crippen LogP) is 1.39. The number of aromatic nitrogens is 1. The van der Waals surface area contributed by atoms with Crippen LogP contribution in [0.25, 0.3) is 0 Å². The summed E-state index contributed by atoms with van der Waals surface area (Å²) in [5.41, 5.74) is 6.99. The van der Waals surface area contributed by atoms with Gasteiger partial charge in [0.25, 0.3) is 5.91 Å². The third-order valence-electron chi connectivity index (χ3n) is 3.47. The summed E-state index contributed by atoms with van der Waals surface area (Å²) in [6, 6.07) is 6.73. The molecular weight excluding hydrogens is 336 g/mol. The standard InChI is InChI=1S/C14H16N4O3S2/c15-8-13-17-12(9-22-13)14(19)16-10-2-4-11(5-3-10)18-6-1-7-23(18,20)21/h2-5,9H,1,6-8,15H2,(H,16,19). The van der Waals surface area contributed by atoms with Crippen LogP contribution in [-0.2, 0) is 16.6 Å². The van der Waals surface area contributed by atoms with Crippen LogP contribution in [0.5, 0.6) is 0 Å². The summed E-state index contributed by atoms with van der Waals surface area (Å²) in [5, 5.41) is 5.08. The summed E-state index contributed by atoms with van der Waals surface area (Å²) >= 11 is 1.34. The summed E-state index contributed by atoms with van der Waals surface area (Å²) in [4.78, 5) is 16.2. The number of benzene rings is 1. The second-order valence-corrected chi connectivity index (χ2v) is 8.03. The van der Waals surface area contributed by atoms with Crippen LogP contribution in [0, 0.1) is 0 Å². The normalized spacial score (nSPS) is 16.5. The van der Waals surface area contributed by atoms with Crippen molar-refractivity contribution in [2.45, 2.75) is 13.0 Å². The maximum atomic E-state index is 12.1. The van der Waals surface area contributed by atoms with E-state index in [1.165, 1.54) is 15.6 Å². The fourth-order valence-corrected chi connectivity index (χ4v) is 4.56. The maximum absolute atomic E-state index is 12.1. The fraction of sp³-hybridized carbons (Fsp3) is 0.286. The van der Waals surface area contributed by atoms with E-state index in [0.29, 0.717) is 41.6 Å². The van der Waals surface area contributed by atoms with Gasteiger partial charge in [-0.3, -0.25) is 9.10 Å². The van der Waals surface area contributed by atoms with E-state index in [1.54, 1.807) is 29.6 Å². The zero-order chi connectivity index (χ0) is 16.4. The van der Waals surface area contributed by atoms with Gasteiger partial charge in [0.05, 0.1) is 11.4 Å². The number of amides is 1. The second-order valence-electron chi connectivity index (χ2n) is 5.07. The number of thiazole rings is 1. The molecule has 1 fully saturated rings. The molecule has 2 heterocycles. The average molecular weight is 352 g/mol. The minimum atomic E-state index is -3.19. The number of hydrogen-bond acceptors (Lipinski definition) is 6. The number of carbonyl (C=O) groups excluding carboxylic acids is 1. The first-order valence-electron chi connectivity index (χ1n) is 7.06. The van der Waals surface area contributed by atoms with Gasteiger partial charge in [-0.25, -0.2) is 13.4 Å². The zero-order valence-electron chi connectivity index (χ0n) is 12.2. The molecule has 0 aliphatic carbocycles. The van der Waals surface area contributed by atoms with E-state index in [1.807, 2.05) is 0 Å². The molecule has 0 radical (unpaired) electrons. The smallest absolute Gasteiger partial charge is 0.275 e. The number of rotatable bonds is 4. The van der Waals surface area contributed by atoms with Crippen molar-refractivity contribution in [3.05, 3.63) is 40.3 Å². The number of hydrogen-bond donors (Lipinski definition) is 2. The Bertz CT molecular complexity index is 815. The number of sulfonamides is 1. The van der Waals surface area contributed by atoms with E-state index in [4.69, 9.17) is 5.73 Å². The van der Waals surface area contributed by atoms with Crippen molar-refractivity contribution >= 4 is 38.6 Å². The molecule has 3 N–H and O–H groups in total. The van der Waals surface area contributed by atoms with Gasteiger partial charge in [0.1, 0.15) is 10.7 Å². The first kappa shape index (κ1) is 15.9. The van der Waals surface area contributed by atoms with E-state index in [2.05, 4.69) is 10.3 Å². The van der Waals surface area contributed by atoms with Gasteiger partial charge >= 0.3 is 0 Å². The second kappa shape index (κ2) is 6.26. The highest BCUT2D eigenvalue weighted by atomic mass is 32.2. The van der Waals surface area contributed by atoms with E-state index >= 15 is 0 Å². The molecule has 122 valence electrons. The predicted molar refractivity (Wildman–Crippen MR) is 90.2 cm³/mol. The number of carbonyl (C=O) groups is 1. The number of anilines is 2. The Morgan fingerprint density at radius 3 is 2.65 bits per heavy atom. The molecule has 1 aliphatic rings. The molecule has 1 saturated heterocycles. The van der Waals surface area contributed by atoms with Crippen LogP contribution in [0.2, 0.25) is 0 Å². The molecule has 3 rings (SSSR count). The molecule has 0 unspecified atom stereocenters. The van der Waals surface area contributed by atoms with Crippen molar-refractivity contribution < 1.29 is 13.2 Å². The third kappa shape index (κ3) is 3.36. The van der Waals surface area contributed by atoms with Crippen molar-refractivity contribution in [3.63, 3.8) is 0 Å². The van der Waals surface area contributed by atoms with E-state index in [9.17, 15) is 13.2 Å². The zero-order valence-corrected chi connectivity index (χ0v) is 13.9. The first-order valence-corrected chi connectivity index (χ1v) is 9.55. The van der Waals surface area contributed by atoms with Gasteiger partial charge in [0, 0.05) is 24.2 Å². The minimum Gasteiger partial charge on any atom is -0.325 e. The molecule has 7 nitrogen and oxygen atoms in total. The Labute approximate surface area is 138 Å². The van der Waals surface area contributed by atoms with Crippen LogP contribution in [0.4, 0.5) is 11.4 Å². The highest BCUT2D eigenvalue weighted by molar-refractivity contribution is 7.93. The Hall–Kier alpha value is -1.97. The van der Waals surface area contributed by atoms with Crippen LogP contribution in [0.15, 0.2) is 29.6 Å². The lowest BCUT2D eigenvalue weighted by atomic mass is 10.2. The molecule has 1 aromatic carbocycles. The van der Waals surface area contributed by atoms with Crippen LogP contribution >= 0.6 is 11.3 Å². The van der Waals surface area contributed by atoms with Crippen LogP contribution in [0.3, 0.4) is 0 Å². The van der Waals surface area contributed by atoms with Gasteiger partial charge in [-0.1, -0.05) is 0 Å². The molecular formula is C14H16N4O3S2. The van der Waals surface area contributed by atoms with Crippen LogP contribution in [0.1, 0.15) is 21.9 Å². The Morgan fingerprint density at radius 1 is 1.35 bits per heavy atom. The highest BCUT2D eigenvalue weighted by Crippen LogP contribution is 2.25. The largest absolute Gasteiger partial charge is 0.325 e. The quantitative estimate of drug-likeness (QED) is 0.865. The van der Waals surface area contributed by atoms with Gasteiger partial charge in [0.2, 0.25) is 10.0 Å². The maximum Gasteiger partial charge on any atom is 0.275 e. The summed E-state index contributed by atoms with van der Waals surface area (Å²) in [6.07, 6.45) is 0.633. The summed E-state index contributed by atoms with van der Waals surface area (Å²) in [7, 11) is -3.19. The Morgan fingerprint density at radius 2 is 2.09 bits per heavy atom. The van der Waals surface area contributed by atoms with Gasteiger partial charge in [-0.15, -0.1) is 11.3 Å². The molecule has 0 atom stereocenters. The molecule has 1 aliphatic heterocycles.